The lowest BCUT2D eigenvalue weighted by molar-refractivity contribution is -0.0123. The standard InChI is InChI=1S/C14H30/c1-9-10-14(8,12(4)5)13(6,7)11(2)3/h11-12H,9-10H2,1-8H3. The molecule has 0 heteroatoms. The molecule has 14 heavy (non-hydrogen) atoms. The maximum Gasteiger partial charge on any atom is -0.0249 e. The zero-order valence-corrected chi connectivity index (χ0v) is 11.6. The van der Waals surface area contributed by atoms with Gasteiger partial charge in [-0.1, -0.05) is 61.8 Å². The second-order valence-electron chi connectivity index (χ2n) is 6.20. The van der Waals surface area contributed by atoms with E-state index in [1.807, 2.05) is 0 Å². The summed E-state index contributed by atoms with van der Waals surface area (Å²) in [6.45, 7) is 19.1. The van der Waals surface area contributed by atoms with E-state index < -0.39 is 0 Å². The van der Waals surface area contributed by atoms with Gasteiger partial charge in [-0.05, 0) is 29.1 Å². The summed E-state index contributed by atoms with van der Waals surface area (Å²) in [5.41, 5.74) is 0.896. The Bertz CT molecular complexity index is 165. The molecule has 0 saturated heterocycles. The maximum absolute atomic E-state index is 2.47. The van der Waals surface area contributed by atoms with Gasteiger partial charge in [0.15, 0.2) is 0 Å². The quantitative estimate of drug-likeness (QED) is 0.574. The van der Waals surface area contributed by atoms with Crippen LogP contribution in [0.4, 0.5) is 0 Å². The molecule has 0 amide bonds. The van der Waals surface area contributed by atoms with E-state index in [0.717, 1.165) is 11.8 Å². The van der Waals surface area contributed by atoms with Crippen LogP contribution < -0.4 is 0 Å². The number of rotatable bonds is 5. The van der Waals surface area contributed by atoms with Gasteiger partial charge in [-0.3, -0.25) is 0 Å². The fourth-order valence-electron chi connectivity index (χ4n) is 2.53. The molecule has 0 aliphatic rings. The molecule has 0 aromatic rings. The van der Waals surface area contributed by atoms with E-state index in [2.05, 4.69) is 55.4 Å². The molecule has 0 aromatic heterocycles. The Morgan fingerprint density at radius 1 is 0.857 bits per heavy atom. The zero-order chi connectivity index (χ0) is 11.6. The Labute approximate surface area is 91.5 Å². The minimum atomic E-state index is 0.428. The Balaban J connectivity index is 4.99. The van der Waals surface area contributed by atoms with Gasteiger partial charge in [-0.25, -0.2) is 0 Å². The molecular weight excluding hydrogens is 168 g/mol. The second kappa shape index (κ2) is 4.68. The third-order valence-electron chi connectivity index (χ3n) is 4.96. The smallest absolute Gasteiger partial charge is 0.0249 e. The summed E-state index contributed by atoms with van der Waals surface area (Å²) in [4.78, 5) is 0. The van der Waals surface area contributed by atoms with Crippen LogP contribution >= 0.6 is 0 Å². The van der Waals surface area contributed by atoms with E-state index in [4.69, 9.17) is 0 Å². The van der Waals surface area contributed by atoms with Crippen molar-refractivity contribution in [3.05, 3.63) is 0 Å². The first-order valence-corrected chi connectivity index (χ1v) is 6.20. The van der Waals surface area contributed by atoms with Crippen molar-refractivity contribution in [3.63, 3.8) is 0 Å². The molecule has 0 aliphatic carbocycles. The van der Waals surface area contributed by atoms with Gasteiger partial charge < -0.3 is 0 Å². The number of hydrogen-bond acceptors (Lipinski definition) is 0. The summed E-state index contributed by atoms with van der Waals surface area (Å²) in [5.74, 6) is 1.52. The highest BCUT2D eigenvalue weighted by atomic mass is 14.5. The van der Waals surface area contributed by atoms with Gasteiger partial charge in [0.05, 0.1) is 0 Å². The SMILES string of the molecule is CCCC(C)(C(C)C)C(C)(C)C(C)C. The Kier molecular flexibility index (Phi) is 4.68. The first kappa shape index (κ1) is 14.0. The average Bonchev–Trinajstić information content (AvgIpc) is 2.03. The zero-order valence-electron chi connectivity index (χ0n) is 11.6. The van der Waals surface area contributed by atoms with E-state index in [1.54, 1.807) is 0 Å². The molecular formula is C14H30. The fourth-order valence-corrected chi connectivity index (χ4v) is 2.53. The van der Waals surface area contributed by atoms with E-state index >= 15 is 0 Å². The Hall–Kier alpha value is 0. The van der Waals surface area contributed by atoms with E-state index in [-0.39, 0.29) is 0 Å². The van der Waals surface area contributed by atoms with Gasteiger partial charge in [-0.2, -0.15) is 0 Å². The predicted molar refractivity (Wildman–Crippen MR) is 66.5 cm³/mol. The van der Waals surface area contributed by atoms with Crippen LogP contribution in [0.25, 0.3) is 0 Å². The van der Waals surface area contributed by atoms with Crippen LogP contribution in [0.1, 0.15) is 68.2 Å². The lowest BCUT2D eigenvalue weighted by Crippen LogP contribution is -2.43. The highest BCUT2D eigenvalue weighted by Gasteiger charge is 2.44. The van der Waals surface area contributed by atoms with Crippen LogP contribution in [0.5, 0.6) is 0 Å². The summed E-state index contributed by atoms with van der Waals surface area (Å²) >= 11 is 0. The van der Waals surface area contributed by atoms with Gasteiger partial charge in [0, 0.05) is 0 Å². The van der Waals surface area contributed by atoms with Crippen molar-refractivity contribution in [1.82, 2.24) is 0 Å². The highest BCUT2D eigenvalue weighted by Crippen LogP contribution is 2.52. The Morgan fingerprint density at radius 3 is 1.50 bits per heavy atom. The monoisotopic (exact) mass is 198 g/mol. The Morgan fingerprint density at radius 2 is 1.29 bits per heavy atom. The van der Waals surface area contributed by atoms with Crippen LogP contribution in [0.2, 0.25) is 0 Å². The van der Waals surface area contributed by atoms with Crippen LogP contribution in [0.15, 0.2) is 0 Å². The van der Waals surface area contributed by atoms with Crippen molar-refractivity contribution in [2.75, 3.05) is 0 Å². The second-order valence-corrected chi connectivity index (χ2v) is 6.20. The average molecular weight is 198 g/mol. The molecule has 0 rings (SSSR count). The third kappa shape index (κ3) is 2.32. The molecule has 1 atom stereocenters. The normalized spacial score (nSPS) is 17.6. The van der Waals surface area contributed by atoms with E-state index in [9.17, 15) is 0 Å². The molecule has 0 fully saturated rings. The summed E-state index contributed by atoms with van der Waals surface area (Å²) < 4.78 is 0. The molecule has 0 N–H and O–H groups in total. The van der Waals surface area contributed by atoms with Gasteiger partial charge in [0.2, 0.25) is 0 Å². The van der Waals surface area contributed by atoms with Crippen molar-refractivity contribution in [1.29, 1.82) is 0 Å². The molecule has 1 unspecified atom stereocenters. The molecule has 0 aromatic carbocycles. The molecule has 0 bridgehead atoms. The van der Waals surface area contributed by atoms with Gasteiger partial charge in [-0.15, -0.1) is 0 Å². The van der Waals surface area contributed by atoms with Crippen molar-refractivity contribution >= 4 is 0 Å². The van der Waals surface area contributed by atoms with E-state index in [1.165, 1.54) is 12.8 Å². The van der Waals surface area contributed by atoms with Crippen molar-refractivity contribution < 1.29 is 0 Å². The maximum atomic E-state index is 2.47. The van der Waals surface area contributed by atoms with Crippen molar-refractivity contribution in [2.24, 2.45) is 22.7 Å². The van der Waals surface area contributed by atoms with Crippen molar-refractivity contribution in [3.8, 4) is 0 Å². The topological polar surface area (TPSA) is 0 Å². The summed E-state index contributed by atoms with van der Waals surface area (Å²) in [6, 6.07) is 0. The first-order valence-electron chi connectivity index (χ1n) is 6.20. The first-order chi connectivity index (χ1) is 6.20. The van der Waals surface area contributed by atoms with Crippen LogP contribution in [0.3, 0.4) is 0 Å². The summed E-state index contributed by atoms with van der Waals surface area (Å²) in [6.07, 6.45) is 2.64. The lowest BCUT2D eigenvalue weighted by atomic mass is 9.55. The van der Waals surface area contributed by atoms with E-state index in [0.29, 0.717) is 10.8 Å². The molecule has 0 spiro atoms. The van der Waals surface area contributed by atoms with Crippen LogP contribution in [-0.2, 0) is 0 Å². The fraction of sp³-hybridized carbons (Fsp3) is 1.00. The number of hydrogen-bond donors (Lipinski definition) is 0. The summed E-state index contributed by atoms with van der Waals surface area (Å²) in [5, 5.41) is 0. The van der Waals surface area contributed by atoms with Crippen LogP contribution in [-0.4, -0.2) is 0 Å². The minimum absolute atomic E-state index is 0.428. The highest BCUT2D eigenvalue weighted by molar-refractivity contribution is 4.93. The van der Waals surface area contributed by atoms with Crippen molar-refractivity contribution in [2.45, 2.75) is 68.2 Å². The molecule has 0 saturated carbocycles. The molecule has 0 radical (unpaired) electrons. The molecule has 86 valence electrons. The molecule has 0 heterocycles. The van der Waals surface area contributed by atoms with Gasteiger partial charge in [0.1, 0.15) is 0 Å². The molecule has 0 aliphatic heterocycles. The minimum Gasteiger partial charge on any atom is -0.0654 e. The third-order valence-corrected chi connectivity index (χ3v) is 4.96. The van der Waals surface area contributed by atoms with Crippen LogP contribution in [0, 0.1) is 22.7 Å². The van der Waals surface area contributed by atoms with Gasteiger partial charge >= 0.3 is 0 Å². The largest absolute Gasteiger partial charge is 0.0654 e. The summed E-state index contributed by atoms with van der Waals surface area (Å²) in [7, 11) is 0. The predicted octanol–water partition coefficient (Wildman–Crippen LogP) is 5.13. The van der Waals surface area contributed by atoms with Gasteiger partial charge in [0.25, 0.3) is 0 Å². The molecule has 0 nitrogen and oxygen atoms in total. The lowest BCUT2D eigenvalue weighted by Gasteiger charge is -2.50.